The normalized spacial score (nSPS) is 11.8. The average molecular weight is 247 g/mol. The van der Waals surface area contributed by atoms with Crippen LogP contribution in [0.3, 0.4) is 0 Å². The molecular formula is C17H29N. The number of hydrogen-bond donors (Lipinski definition) is 1. The Kier molecular flexibility index (Phi) is 6.42. The lowest BCUT2D eigenvalue weighted by Crippen LogP contribution is -2.38. The molecule has 0 radical (unpaired) electrons. The Balaban J connectivity index is 3.10. The minimum atomic E-state index is 0.324. The zero-order valence-corrected chi connectivity index (χ0v) is 12.6. The van der Waals surface area contributed by atoms with Crippen LogP contribution in [0.15, 0.2) is 24.3 Å². The molecule has 0 fully saturated rings. The maximum Gasteiger partial charge on any atom is 0.00802 e. The Morgan fingerprint density at radius 1 is 1.00 bits per heavy atom. The van der Waals surface area contributed by atoms with Gasteiger partial charge >= 0.3 is 0 Å². The van der Waals surface area contributed by atoms with Gasteiger partial charge in [-0.25, -0.2) is 0 Å². The van der Waals surface area contributed by atoms with Gasteiger partial charge in [0.2, 0.25) is 0 Å². The van der Waals surface area contributed by atoms with Crippen molar-refractivity contribution in [1.29, 1.82) is 0 Å². The molecule has 1 aromatic carbocycles. The Labute approximate surface area is 113 Å². The average Bonchev–Trinajstić information content (AvgIpc) is 2.37. The third-order valence-electron chi connectivity index (χ3n) is 3.89. The molecule has 0 aliphatic heterocycles. The van der Waals surface area contributed by atoms with Crippen molar-refractivity contribution in [2.75, 3.05) is 13.1 Å². The summed E-state index contributed by atoms with van der Waals surface area (Å²) in [6.07, 6.45) is 5.05. The third kappa shape index (κ3) is 3.58. The minimum Gasteiger partial charge on any atom is -0.316 e. The van der Waals surface area contributed by atoms with Gasteiger partial charge in [-0.2, -0.15) is 0 Å². The molecule has 1 aromatic rings. The van der Waals surface area contributed by atoms with E-state index >= 15 is 0 Å². The molecule has 102 valence electrons. The van der Waals surface area contributed by atoms with E-state index in [0.717, 1.165) is 13.1 Å². The standard InChI is InChI=1S/C17H29N/c1-5-12-17(13-6-2,14-18-7-3)16-11-9-8-10-15(16)4/h8-11,18H,5-7,12-14H2,1-4H3. The van der Waals surface area contributed by atoms with Crippen molar-refractivity contribution in [3.05, 3.63) is 35.4 Å². The van der Waals surface area contributed by atoms with E-state index in [1.54, 1.807) is 5.56 Å². The van der Waals surface area contributed by atoms with Gasteiger partial charge in [-0.05, 0) is 37.4 Å². The van der Waals surface area contributed by atoms with Crippen molar-refractivity contribution in [1.82, 2.24) is 5.32 Å². The van der Waals surface area contributed by atoms with E-state index in [4.69, 9.17) is 0 Å². The number of nitrogens with one attached hydrogen (secondary N) is 1. The van der Waals surface area contributed by atoms with Gasteiger partial charge in [-0.15, -0.1) is 0 Å². The third-order valence-corrected chi connectivity index (χ3v) is 3.89. The molecule has 1 heteroatoms. The largest absolute Gasteiger partial charge is 0.316 e. The highest BCUT2D eigenvalue weighted by Crippen LogP contribution is 2.35. The van der Waals surface area contributed by atoms with Crippen molar-refractivity contribution in [2.24, 2.45) is 0 Å². The van der Waals surface area contributed by atoms with Crippen molar-refractivity contribution >= 4 is 0 Å². The maximum absolute atomic E-state index is 3.58. The van der Waals surface area contributed by atoms with Crippen LogP contribution in [0.5, 0.6) is 0 Å². The van der Waals surface area contributed by atoms with Crippen LogP contribution < -0.4 is 5.32 Å². The van der Waals surface area contributed by atoms with Crippen molar-refractivity contribution in [3.63, 3.8) is 0 Å². The molecule has 0 aliphatic rings. The van der Waals surface area contributed by atoms with Crippen LogP contribution in [0.1, 0.15) is 57.6 Å². The van der Waals surface area contributed by atoms with E-state index in [9.17, 15) is 0 Å². The smallest absolute Gasteiger partial charge is 0.00802 e. The maximum atomic E-state index is 3.58. The molecule has 1 N–H and O–H groups in total. The molecule has 0 amide bonds. The van der Waals surface area contributed by atoms with E-state index in [1.807, 2.05) is 0 Å². The predicted octanol–water partition coefficient (Wildman–Crippen LogP) is 4.44. The minimum absolute atomic E-state index is 0.324. The second-order valence-corrected chi connectivity index (χ2v) is 5.38. The quantitative estimate of drug-likeness (QED) is 0.716. The molecule has 0 aliphatic carbocycles. The SMILES string of the molecule is CCCC(CCC)(CNCC)c1ccccc1C. The van der Waals surface area contributed by atoms with Gasteiger partial charge in [0.1, 0.15) is 0 Å². The van der Waals surface area contributed by atoms with E-state index in [2.05, 4.69) is 57.3 Å². The summed E-state index contributed by atoms with van der Waals surface area (Å²) in [5, 5.41) is 3.58. The summed E-state index contributed by atoms with van der Waals surface area (Å²) in [7, 11) is 0. The van der Waals surface area contributed by atoms with E-state index in [1.165, 1.54) is 31.2 Å². The Morgan fingerprint density at radius 3 is 2.11 bits per heavy atom. The van der Waals surface area contributed by atoms with Crippen LogP contribution in [0.2, 0.25) is 0 Å². The number of hydrogen-bond acceptors (Lipinski definition) is 1. The Hall–Kier alpha value is -0.820. The van der Waals surface area contributed by atoms with Gasteiger partial charge in [0.25, 0.3) is 0 Å². The summed E-state index contributed by atoms with van der Waals surface area (Å²) in [4.78, 5) is 0. The molecule has 0 aromatic heterocycles. The van der Waals surface area contributed by atoms with Crippen LogP contribution in [-0.2, 0) is 5.41 Å². The molecule has 0 spiro atoms. The fourth-order valence-electron chi connectivity index (χ4n) is 3.16. The number of benzene rings is 1. The van der Waals surface area contributed by atoms with Crippen LogP contribution in [0, 0.1) is 6.92 Å². The van der Waals surface area contributed by atoms with Crippen LogP contribution in [-0.4, -0.2) is 13.1 Å². The molecule has 0 heterocycles. The Bertz CT molecular complexity index is 337. The number of aryl methyl sites for hydroxylation is 1. The molecule has 0 bridgehead atoms. The summed E-state index contributed by atoms with van der Waals surface area (Å²) in [5.74, 6) is 0. The molecule has 18 heavy (non-hydrogen) atoms. The number of likely N-dealkylation sites (N-methyl/N-ethyl adjacent to an activating group) is 1. The highest BCUT2D eigenvalue weighted by Gasteiger charge is 2.30. The summed E-state index contributed by atoms with van der Waals surface area (Å²) < 4.78 is 0. The first-order valence-electron chi connectivity index (χ1n) is 7.47. The van der Waals surface area contributed by atoms with Gasteiger partial charge < -0.3 is 5.32 Å². The van der Waals surface area contributed by atoms with Gasteiger partial charge in [-0.1, -0.05) is 57.9 Å². The lowest BCUT2D eigenvalue weighted by molar-refractivity contribution is 0.336. The van der Waals surface area contributed by atoms with Gasteiger partial charge in [0.15, 0.2) is 0 Å². The van der Waals surface area contributed by atoms with Crippen LogP contribution in [0.4, 0.5) is 0 Å². The second kappa shape index (κ2) is 7.58. The first kappa shape index (κ1) is 15.2. The zero-order chi connectivity index (χ0) is 13.4. The molecular weight excluding hydrogens is 218 g/mol. The van der Waals surface area contributed by atoms with E-state index in [-0.39, 0.29) is 0 Å². The van der Waals surface area contributed by atoms with Gasteiger partial charge in [0.05, 0.1) is 0 Å². The fourth-order valence-corrected chi connectivity index (χ4v) is 3.16. The molecule has 0 atom stereocenters. The number of rotatable bonds is 8. The van der Waals surface area contributed by atoms with E-state index in [0.29, 0.717) is 5.41 Å². The van der Waals surface area contributed by atoms with Crippen molar-refractivity contribution in [2.45, 2.75) is 58.8 Å². The fraction of sp³-hybridized carbons (Fsp3) is 0.647. The summed E-state index contributed by atoms with van der Waals surface area (Å²) >= 11 is 0. The van der Waals surface area contributed by atoms with Crippen molar-refractivity contribution < 1.29 is 0 Å². The van der Waals surface area contributed by atoms with Gasteiger partial charge in [0, 0.05) is 12.0 Å². The molecule has 0 unspecified atom stereocenters. The molecule has 0 saturated heterocycles. The second-order valence-electron chi connectivity index (χ2n) is 5.38. The highest BCUT2D eigenvalue weighted by molar-refractivity contribution is 5.34. The zero-order valence-electron chi connectivity index (χ0n) is 12.6. The topological polar surface area (TPSA) is 12.0 Å². The predicted molar refractivity (Wildman–Crippen MR) is 81.2 cm³/mol. The first-order chi connectivity index (χ1) is 8.70. The molecule has 1 rings (SSSR count). The summed E-state index contributed by atoms with van der Waals surface area (Å²) in [5.41, 5.74) is 3.32. The van der Waals surface area contributed by atoms with E-state index < -0.39 is 0 Å². The molecule has 1 nitrogen and oxygen atoms in total. The monoisotopic (exact) mass is 247 g/mol. The van der Waals surface area contributed by atoms with Crippen LogP contribution in [0.25, 0.3) is 0 Å². The highest BCUT2D eigenvalue weighted by atomic mass is 14.9. The lowest BCUT2D eigenvalue weighted by atomic mass is 9.72. The van der Waals surface area contributed by atoms with Gasteiger partial charge in [-0.3, -0.25) is 0 Å². The summed E-state index contributed by atoms with van der Waals surface area (Å²) in [6, 6.07) is 8.92. The lowest BCUT2D eigenvalue weighted by Gasteiger charge is -2.36. The van der Waals surface area contributed by atoms with Crippen molar-refractivity contribution in [3.8, 4) is 0 Å². The summed E-state index contributed by atoms with van der Waals surface area (Å²) in [6.45, 7) is 11.2. The van der Waals surface area contributed by atoms with Crippen LogP contribution >= 0.6 is 0 Å². The first-order valence-corrected chi connectivity index (χ1v) is 7.47. The Morgan fingerprint density at radius 2 is 1.61 bits per heavy atom. The molecule has 0 saturated carbocycles.